The van der Waals surface area contributed by atoms with Crippen molar-refractivity contribution in [1.29, 1.82) is 0 Å². The van der Waals surface area contributed by atoms with E-state index in [1.54, 1.807) is 0 Å². The number of nitrogens with zero attached hydrogens (tertiary/aromatic N) is 4. The van der Waals surface area contributed by atoms with Crippen molar-refractivity contribution >= 4 is 11.8 Å². The summed E-state index contributed by atoms with van der Waals surface area (Å²) in [5.41, 5.74) is 2.97. The number of carbonyl (C=O) groups excluding carboxylic acids is 1. The maximum Gasteiger partial charge on any atom is 0.232 e. The maximum atomic E-state index is 13.6. The first-order chi connectivity index (χ1) is 16.3. The van der Waals surface area contributed by atoms with E-state index in [0.717, 1.165) is 101 Å². The van der Waals surface area contributed by atoms with Crippen molar-refractivity contribution in [1.82, 2.24) is 15.0 Å². The average Bonchev–Trinajstić information content (AvgIpc) is 3.64. The zero-order chi connectivity index (χ0) is 22.5. The van der Waals surface area contributed by atoms with Crippen LogP contribution < -0.4 is 4.90 Å². The van der Waals surface area contributed by atoms with E-state index in [1.165, 1.54) is 12.8 Å². The Morgan fingerprint density at radius 3 is 2.45 bits per heavy atom. The first-order valence-corrected chi connectivity index (χ1v) is 12.7. The summed E-state index contributed by atoms with van der Waals surface area (Å²) in [6.07, 6.45) is 6.69. The van der Waals surface area contributed by atoms with Crippen LogP contribution in [-0.4, -0.2) is 73.3 Å². The first kappa shape index (κ1) is 22.4. The lowest BCUT2D eigenvalue weighted by molar-refractivity contribution is -0.136. The van der Waals surface area contributed by atoms with Gasteiger partial charge in [0.1, 0.15) is 5.69 Å². The minimum Gasteiger partial charge on any atom is -0.379 e. The largest absolute Gasteiger partial charge is 0.379 e. The Labute approximate surface area is 196 Å². The van der Waals surface area contributed by atoms with Gasteiger partial charge in [0.25, 0.3) is 0 Å². The van der Waals surface area contributed by atoms with Gasteiger partial charge in [0.2, 0.25) is 11.8 Å². The highest BCUT2D eigenvalue weighted by Crippen LogP contribution is 2.35. The van der Waals surface area contributed by atoms with E-state index in [9.17, 15) is 4.79 Å². The van der Waals surface area contributed by atoms with E-state index >= 15 is 0 Å². The molecular weight excluding hydrogens is 416 g/mol. The molecule has 0 spiro atoms. The van der Waals surface area contributed by atoms with Gasteiger partial charge in [-0.05, 0) is 25.7 Å². The molecule has 0 N–H and O–H groups in total. The molecule has 5 rings (SSSR count). The normalized spacial score (nSPS) is 19.9. The molecule has 0 atom stereocenters. The topological polar surface area (TPSA) is 62.1 Å². The van der Waals surface area contributed by atoms with Crippen molar-refractivity contribution in [3.8, 4) is 11.3 Å². The molecule has 0 unspecified atom stereocenters. The van der Waals surface area contributed by atoms with Crippen LogP contribution >= 0.6 is 0 Å². The third kappa shape index (κ3) is 5.25. The zero-order valence-electron chi connectivity index (χ0n) is 19.6. The molecule has 178 valence electrons. The van der Waals surface area contributed by atoms with Gasteiger partial charge in [-0.3, -0.25) is 9.69 Å². The molecular formula is C26H36N4O3. The van der Waals surface area contributed by atoms with Gasteiger partial charge in [-0.1, -0.05) is 48.3 Å². The summed E-state index contributed by atoms with van der Waals surface area (Å²) >= 11 is 0. The highest BCUT2D eigenvalue weighted by Gasteiger charge is 2.31. The SMILES string of the molecule is O=C(C1CCCC1)N(CCN1CCOCC1)Cc1c(-c2ccccc2)noc1N1CCCC1. The summed E-state index contributed by atoms with van der Waals surface area (Å²) in [5, 5.41) is 4.51. The summed E-state index contributed by atoms with van der Waals surface area (Å²) in [7, 11) is 0. The molecule has 3 fully saturated rings. The fourth-order valence-electron chi connectivity index (χ4n) is 5.41. The number of rotatable bonds is 8. The minimum atomic E-state index is 0.157. The molecule has 0 radical (unpaired) electrons. The van der Waals surface area contributed by atoms with Crippen molar-refractivity contribution in [2.45, 2.75) is 45.1 Å². The van der Waals surface area contributed by atoms with E-state index in [2.05, 4.69) is 32.0 Å². The molecule has 7 nitrogen and oxygen atoms in total. The van der Waals surface area contributed by atoms with Crippen molar-refractivity contribution in [2.24, 2.45) is 5.92 Å². The van der Waals surface area contributed by atoms with Crippen LogP contribution in [0, 0.1) is 5.92 Å². The number of ether oxygens (including phenoxy) is 1. The predicted molar refractivity (Wildman–Crippen MR) is 128 cm³/mol. The Bertz CT molecular complexity index is 898. The molecule has 3 heterocycles. The van der Waals surface area contributed by atoms with Crippen LogP contribution in [0.25, 0.3) is 11.3 Å². The maximum absolute atomic E-state index is 13.6. The highest BCUT2D eigenvalue weighted by molar-refractivity contribution is 5.80. The van der Waals surface area contributed by atoms with E-state index in [0.29, 0.717) is 12.5 Å². The molecule has 2 aliphatic heterocycles. The molecule has 1 aliphatic carbocycles. The summed E-state index contributed by atoms with van der Waals surface area (Å²) < 4.78 is 11.5. The molecule has 2 aromatic rings. The molecule has 0 bridgehead atoms. The van der Waals surface area contributed by atoms with Crippen molar-refractivity contribution in [3.63, 3.8) is 0 Å². The first-order valence-electron chi connectivity index (χ1n) is 12.7. The highest BCUT2D eigenvalue weighted by atomic mass is 16.5. The van der Waals surface area contributed by atoms with Crippen molar-refractivity contribution in [2.75, 3.05) is 57.4 Å². The molecule has 1 aromatic heterocycles. The number of anilines is 1. The molecule has 1 aromatic carbocycles. The van der Waals surface area contributed by atoms with Crippen LogP contribution in [0.2, 0.25) is 0 Å². The van der Waals surface area contributed by atoms with Gasteiger partial charge in [0, 0.05) is 50.7 Å². The fourth-order valence-corrected chi connectivity index (χ4v) is 5.41. The number of aromatic nitrogens is 1. The van der Waals surface area contributed by atoms with Crippen LogP contribution in [0.5, 0.6) is 0 Å². The second kappa shape index (κ2) is 10.7. The Balaban J connectivity index is 1.42. The van der Waals surface area contributed by atoms with Crippen molar-refractivity contribution < 1.29 is 14.1 Å². The third-order valence-electron chi connectivity index (χ3n) is 7.36. The van der Waals surface area contributed by atoms with Gasteiger partial charge < -0.3 is 19.1 Å². The van der Waals surface area contributed by atoms with E-state index in [4.69, 9.17) is 9.26 Å². The molecule has 1 saturated carbocycles. The monoisotopic (exact) mass is 452 g/mol. The Morgan fingerprint density at radius 1 is 1.00 bits per heavy atom. The van der Waals surface area contributed by atoms with Gasteiger partial charge in [-0.15, -0.1) is 0 Å². The van der Waals surface area contributed by atoms with Gasteiger partial charge >= 0.3 is 0 Å². The predicted octanol–water partition coefficient (Wildman–Crippen LogP) is 3.79. The molecule has 1 amide bonds. The summed E-state index contributed by atoms with van der Waals surface area (Å²) in [6.45, 7) is 7.57. The average molecular weight is 453 g/mol. The van der Waals surface area contributed by atoms with Crippen LogP contribution in [0.15, 0.2) is 34.9 Å². The number of amides is 1. The lowest BCUT2D eigenvalue weighted by Gasteiger charge is -2.31. The summed E-state index contributed by atoms with van der Waals surface area (Å²) in [6, 6.07) is 10.2. The number of carbonyl (C=O) groups is 1. The number of morpholine rings is 1. The number of hydrogen-bond donors (Lipinski definition) is 0. The van der Waals surface area contributed by atoms with Gasteiger partial charge in [0.15, 0.2) is 0 Å². The van der Waals surface area contributed by atoms with Crippen molar-refractivity contribution in [3.05, 3.63) is 35.9 Å². The quantitative estimate of drug-likeness (QED) is 0.607. The Morgan fingerprint density at radius 2 is 1.73 bits per heavy atom. The number of benzene rings is 1. The molecule has 33 heavy (non-hydrogen) atoms. The summed E-state index contributed by atoms with van der Waals surface area (Å²) in [4.78, 5) is 20.4. The Kier molecular flexibility index (Phi) is 7.27. The molecule has 2 saturated heterocycles. The van der Waals surface area contributed by atoms with E-state index < -0.39 is 0 Å². The van der Waals surface area contributed by atoms with Crippen LogP contribution in [0.1, 0.15) is 44.1 Å². The van der Waals surface area contributed by atoms with E-state index in [-0.39, 0.29) is 5.92 Å². The van der Waals surface area contributed by atoms with Gasteiger partial charge in [-0.25, -0.2) is 0 Å². The second-order valence-corrected chi connectivity index (χ2v) is 9.57. The number of hydrogen-bond acceptors (Lipinski definition) is 6. The van der Waals surface area contributed by atoms with Crippen LogP contribution in [-0.2, 0) is 16.1 Å². The van der Waals surface area contributed by atoms with E-state index in [1.807, 2.05) is 18.2 Å². The van der Waals surface area contributed by atoms with Gasteiger partial charge in [0.05, 0.1) is 25.3 Å². The van der Waals surface area contributed by atoms with Crippen LogP contribution in [0.4, 0.5) is 5.88 Å². The smallest absolute Gasteiger partial charge is 0.232 e. The Hall–Kier alpha value is -2.38. The fraction of sp³-hybridized carbons (Fsp3) is 0.615. The second-order valence-electron chi connectivity index (χ2n) is 9.57. The van der Waals surface area contributed by atoms with Crippen LogP contribution in [0.3, 0.4) is 0 Å². The lowest BCUT2D eigenvalue weighted by Crippen LogP contribution is -2.44. The summed E-state index contributed by atoms with van der Waals surface area (Å²) in [5.74, 6) is 1.31. The lowest BCUT2D eigenvalue weighted by atomic mass is 10.0. The molecule has 7 heteroatoms. The zero-order valence-corrected chi connectivity index (χ0v) is 19.6. The minimum absolute atomic E-state index is 0.157. The third-order valence-corrected chi connectivity index (χ3v) is 7.36. The van der Waals surface area contributed by atoms with Gasteiger partial charge in [-0.2, -0.15) is 0 Å². The standard InChI is InChI=1S/C26H36N4O3/c31-25(22-10-4-5-11-22)30(15-14-28-16-18-32-19-17-28)20-23-24(21-8-2-1-3-9-21)27-33-26(23)29-12-6-7-13-29/h1-3,8-9,22H,4-7,10-20H2. The molecule has 3 aliphatic rings.